The molecular weight excluding hydrogens is 346 g/mol. The third kappa shape index (κ3) is 3.98. The maximum atomic E-state index is 12.5. The van der Waals surface area contributed by atoms with Crippen molar-refractivity contribution in [1.29, 1.82) is 0 Å². The summed E-state index contributed by atoms with van der Waals surface area (Å²) in [5.41, 5.74) is 3.00. The molecule has 3 rings (SSSR count). The fraction of sp³-hybridized carbons (Fsp3) is 0.429. The van der Waals surface area contributed by atoms with Gasteiger partial charge in [0.05, 0.1) is 0 Å². The second-order valence-corrected chi connectivity index (χ2v) is 7.95. The Morgan fingerprint density at radius 2 is 1.77 bits per heavy atom. The maximum Gasteiger partial charge on any atom is 0.349 e. The maximum absolute atomic E-state index is 12.5. The molecule has 0 bridgehead atoms. The number of nitrogens with zero attached hydrogens (tertiary/aromatic N) is 1. The molecule has 2 aromatic rings. The van der Waals surface area contributed by atoms with E-state index < -0.39 is 5.97 Å². The summed E-state index contributed by atoms with van der Waals surface area (Å²) in [6, 6.07) is 10.4. The predicted molar refractivity (Wildman–Crippen MR) is 104 cm³/mol. The summed E-state index contributed by atoms with van der Waals surface area (Å²) >= 11 is 1.35. The van der Waals surface area contributed by atoms with Gasteiger partial charge in [-0.3, -0.25) is 4.79 Å². The van der Waals surface area contributed by atoms with E-state index in [1.807, 2.05) is 47.5 Å². The largest absolute Gasteiger partial charge is 0.451 e. The number of piperidine rings is 1. The number of benzene rings is 1. The Morgan fingerprint density at radius 3 is 2.42 bits per heavy atom. The van der Waals surface area contributed by atoms with E-state index in [0.29, 0.717) is 4.88 Å². The lowest BCUT2D eigenvalue weighted by Gasteiger charge is -2.38. The quantitative estimate of drug-likeness (QED) is 0.734. The van der Waals surface area contributed by atoms with E-state index in [1.54, 1.807) is 0 Å². The van der Waals surface area contributed by atoms with Crippen LogP contribution in [-0.4, -0.2) is 35.5 Å². The Kier molecular flexibility index (Phi) is 5.77. The number of ether oxygens (including phenoxy) is 1. The lowest BCUT2D eigenvalue weighted by Crippen LogP contribution is -2.49. The van der Waals surface area contributed by atoms with E-state index in [-0.39, 0.29) is 24.6 Å². The van der Waals surface area contributed by atoms with Crippen LogP contribution in [0, 0.1) is 6.92 Å². The van der Waals surface area contributed by atoms with Crippen molar-refractivity contribution in [2.75, 3.05) is 6.61 Å². The predicted octanol–water partition coefficient (Wildman–Crippen LogP) is 4.67. The molecule has 1 aliphatic heterocycles. The van der Waals surface area contributed by atoms with Crippen molar-refractivity contribution >= 4 is 23.2 Å². The van der Waals surface area contributed by atoms with Gasteiger partial charge >= 0.3 is 5.97 Å². The first-order valence-electron chi connectivity index (χ1n) is 9.10. The molecule has 0 spiro atoms. The molecule has 2 heterocycles. The van der Waals surface area contributed by atoms with Crippen LogP contribution in [0.15, 0.2) is 35.7 Å². The van der Waals surface area contributed by atoms with Gasteiger partial charge in [-0.2, -0.15) is 0 Å². The zero-order valence-electron chi connectivity index (χ0n) is 15.5. The number of amides is 1. The Morgan fingerprint density at radius 1 is 1.12 bits per heavy atom. The van der Waals surface area contributed by atoms with Gasteiger partial charge in [-0.1, -0.05) is 29.8 Å². The van der Waals surface area contributed by atoms with Gasteiger partial charge in [0.15, 0.2) is 6.61 Å². The van der Waals surface area contributed by atoms with Gasteiger partial charge in [-0.15, -0.1) is 11.3 Å². The van der Waals surface area contributed by atoms with Gasteiger partial charge < -0.3 is 9.64 Å². The molecule has 0 saturated carbocycles. The summed E-state index contributed by atoms with van der Waals surface area (Å²) in [5.74, 6) is -0.535. The summed E-state index contributed by atoms with van der Waals surface area (Å²) in [6.07, 6.45) is 3.15. The summed E-state index contributed by atoms with van der Waals surface area (Å²) in [7, 11) is 0. The minimum atomic E-state index is -0.429. The van der Waals surface area contributed by atoms with Crippen LogP contribution in [-0.2, 0) is 9.53 Å². The number of carbonyl (C=O) groups is 2. The van der Waals surface area contributed by atoms with Crippen LogP contribution in [0.25, 0.3) is 11.1 Å². The Bertz CT molecular complexity index is 771. The lowest BCUT2D eigenvalue weighted by molar-refractivity contribution is -0.140. The van der Waals surface area contributed by atoms with Crippen LogP contribution in [0.4, 0.5) is 0 Å². The molecule has 1 saturated heterocycles. The van der Waals surface area contributed by atoms with Crippen LogP contribution >= 0.6 is 11.3 Å². The van der Waals surface area contributed by atoms with Crippen molar-refractivity contribution in [3.05, 3.63) is 46.2 Å². The van der Waals surface area contributed by atoms with Crippen molar-refractivity contribution in [3.63, 3.8) is 0 Å². The van der Waals surface area contributed by atoms with Gasteiger partial charge in [0.25, 0.3) is 5.91 Å². The number of thiophene rings is 1. The number of esters is 1. The molecular formula is C21H25NO3S. The minimum absolute atomic E-state index is 0.105. The fourth-order valence-corrected chi connectivity index (χ4v) is 4.42. The molecule has 1 amide bonds. The average molecular weight is 372 g/mol. The Labute approximate surface area is 158 Å². The SMILES string of the molecule is Cc1ccc(-c2ccsc2C(=O)OCC(=O)N2[C@@H](C)CCC[C@@H]2C)cc1. The third-order valence-electron chi connectivity index (χ3n) is 5.02. The monoisotopic (exact) mass is 371 g/mol. The zero-order chi connectivity index (χ0) is 18.7. The topological polar surface area (TPSA) is 46.6 Å². The summed E-state index contributed by atoms with van der Waals surface area (Å²) < 4.78 is 5.36. The second kappa shape index (κ2) is 8.04. The van der Waals surface area contributed by atoms with Crippen LogP contribution in [0.5, 0.6) is 0 Å². The molecule has 0 aliphatic carbocycles. The highest BCUT2D eigenvalue weighted by Gasteiger charge is 2.29. The van der Waals surface area contributed by atoms with Gasteiger partial charge in [0.2, 0.25) is 0 Å². The van der Waals surface area contributed by atoms with Crippen molar-refractivity contribution in [2.24, 2.45) is 0 Å². The molecule has 2 atom stereocenters. The fourth-order valence-electron chi connectivity index (χ4n) is 3.61. The summed E-state index contributed by atoms with van der Waals surface area (Å²) in [5, 5.41) is 1.88. The smallest absolute Gasteiger partial charge is 0.349 e. The molecule has 1 fully saturated rings. The first kappa shape index (κ1) is 18.6. The van der Waals surface area contributed by atoms with Crippen LogP contribution < -0.4 is 0 Å². The highest BCUT2D eigenvalue weighted by Crippen LogP contribution is 2.29. The van der Waals surface area contributed by atoms with Crippen molar-refractivity contribution in [1.82, 2.24) is 4.90 Å². The number of rotatable bonds is 4. The van der Waals surface area contributed by atoms with Crippen LogP contribution in [0.2, 0.25) is 0 Å². The average Bonchev–Trinajstić information content (AvgIpc) is 3.10. The van der Waals surface area contributed by atoms with E-state index in [4.69, 9.17) is 4.74 Å². The number of hydrogen-bond acceptors (Lipinski definition) is 4. The van der Waals surface area contributed by atoms with Crippen molar-refractivity contribution in [2.45, 2.75) is 52.1 Å². The van der Waals surface area contributed by atoms with Crippen LogP contribution in [0.3, 0.4) is 0 Å². The Hall–Kier alpha value is -2.14. The van der Waals surface area contributed by atoms with E-state index in [1.165, 1.54) is 16.9 Å². The molecule has 0 radical (unpaired) electrons. The first-order valence-corrected chi connectivity index (χ1v) is 9.98. The summed E-state index contributed by atoms with van der Waals surface area (Å²) in [4.78, 5) is 27.5. The van der Waals surface area contributed by atoms with Gasteiger partial charge in [0, 0.05) is 17.6 Å². The molecule has 138 valence electrons. The minimum Gasteiger partial charge on any atom is -0.451 e. The highest BCUT2D eigenvalue weighted by atomic mass is 32.1. The van der Waals surface area contributed by atoms with Crippen LogP contribution in [0.1, 0.15) is 48.3 Å². The molecule has 1 aliphatic rings. The van der Waals surface area contributed by atoms with Gasteiger partial charge in [-0.05, 0) is 57.0 Å². The molecule has 0 unspecified atom stereocenters. The molecule has 4 nitrogen and oxygen atoms in total. The molecule has 0 N–H and O–H groups in total. The second-order valence-electron chi connectivity index (χ2n) is 7.04. The van der Waals surface area contributed by atoms with E-state index in [9.17, 15) is 9.59 Å². The lowest BCUT2D eigenvalue weighted by atomic mass is 9.97. The first-order chi connectivity index (χ1) is 12.5. The van der Waals surface area contributed by atoms with E-state index in [2.05, 4.69) is 13.8 Å². The van der Waals surface area contributed by atoms with Crippen molar-refractivity contribution < 1.29 is 14.3 Å². The molecule has 1 aromatic heterocycles. The highest BCUT2D eigenvalue weighted by molar-refractivity contribution is 7.12. The normalized spacial score (nSPS) is 20.0. The van der Waals surface area contributed by atoms with E-state index >= 15 is 0 Å². The van der Waals surface area contributed by atoms with Gasteiger partial charge in [-0.25, -0.2) is 4.79 Å². The number of likely N-dealkylation sites (tertiary alicyclic amines) is 1. The molecule has 5 heteroatoms. The van der Waals surface area contributed by atoms with Crippen molar-refractivity contribution in [3.8, 4) is 11.1 Å². The number of hydrogen-bond donors (Lipinski definition) is 0. The Balaban J connectivity index is 1.67. The van der Waals surface area contributed by atoms with Gasteiger partial charge in [0.1, 0.15) is 4.88 Å². The molecule has 26 heavy (non-hydrogen) atoms. The third-order valence-corrected chi connectivity index (χ3v) is 5.92. The zero-order valence-corrected chi connectivity index (χ0v) is 16.3. The molecule has 1 aromatic carbocycles. The standard InChI is InChI=1S/C21H25NO3S/c1-14-7-9-17(10-8-14)18-11-12-26-20(18)21(24)25-13-19(23)22-15(2)5-4-6-16(22)3/h7-12,15-16H,4-6,13H2,1-3H3/t15-,16-/m0/s1. The summed E-state index contributed by atoms with van der Waals surface area (Å²) in [6.45, 7) is 5.95. The number of carbonyl (C=O) groups excluding carboxylic acids is 2. The number of aryl methyl sites for hydroxylation is 1. The van der Waals surface area contributed by atoms with E-state index in [0.717, 1.165) is 30.4 Å².